The van der Waals surface area contributed by atoms with Gasteiger partial charge in [-0.1, -0.05) is 19.0 Å². The van der Waals surface area contributed by atoms with Crippen LogP contribution in [0.2, 0.25) is 0 Å². The van der Waals surface area contributed by atoms with E-state index in [2.05, 4.69) is 22.4 Å². The van der Waals surface area contributed by atoms with Crippen LogP contribution in [0.1, 0.15) is 44.9 Å². The van der Waals surface area contributed by atoms with Gasteiger partial charge < -0.3 is 9.84 Å². The molecule has 1 rings (SSSR count). The lowest BCUT2D eigenvalue weighted by Gasteiger charge is -2.08. The normalized spacial score (nSPS) is 12.4. The Labute approximate surface area is 106 Å². The first-order chi connectivity index (χ1) is 8.17. The number of nitrogens with one attached hydrogen (secondary N) is 1. The predicted octanol–water partition coefficient (Wildman–Crippen LogP) is 1.95. The van der Waals surface area contributed by atoms with Crippen molar-refractivity contribution in [2.45, 2.75) is 39.7 Å². The number of rotatable bonds is 7. The van der Waals surface area contributed by atoms with Gasteiger partial charge in [-0.15, -0.1) is 0 Å². The summed E-state index contributed by atoms with van der Waals surface area (Å²) < 4.78 is 5.06. The second-order valence-electron chi connectivity index (χ2n) is 3.74. The average molecular weight is 257 g/mol. The van der Waals surface area contributed by atoms with Gasteiger partial charge in [0.1, 0.15) is 6.04 Å². The third-order valence-corrected chi connectivity index (χ3v) is 3.29. The van der Waals surface area contributed by atoms with Crippen LogP contribution < -0.4 is 5.32 Å². The van der Waals surface area contributed by atoms with Crippen LogP contribution >= 0.6 is 11.8 Å². The summed E-state index contributed by atoms with van der Waals surface area (Å²) in [5, 5.41) is 6.63. The second kappa shape index (κ2) is 7.32. The van der Waals surface area contributed by atoms with Crippen molar-refractivity contribution in [2.75, 3.05) is 11.5 Å². The Hall–Kier alpha value is -1.04. The van der Waals surface area contributed by atoms with Gasteiger partial charge in [0.2, 0.25) is 11.8 Å². The summed E-state index contributed by atoms with van der Waals surface area (Å²) in [4.78, 5) is 15.7. The average Bonchev–Trinajstić information content (AvgIpc) is 2.78. The SMILES string of the molecule is CCCSCC(=O)N[C@H](C)c1nc(CC)no1. The lowest BCUT2D eigenvalue weighted by molar-refractivity contribution is -0.119. The Bertz CT molecular complexity index is 354. The van der Waals surface area contributed by atoms with Crippen LogP contribution in [0.25, 0.3) is 0 Å². The molecule has 0 aliphatic heterocycles. The molecule has 1 amide bonds. The van der Waals surface area contributed by atoms with Crippen LogP contribution in [0.5, 0.6) is 0 Å². The smallest absolute Gasteiger partial charge is 0.248 e. The number of aryl methyl sites for hydroxylation is 1. The standard InChI is InChI=1S/C11H19N3O2S/c1-4-6-17-7-10(15)12-8(3)11-13-9(5-2)14-16-11/h8H,4-7H2,1-3H3,(H,12,15)/t8-/m1/s1. The number of carbonyl (C=O) groups is 1. The van der Waals surface area contributed by atoms with E-state index < -0.39 is 0 Å². The van der Waals surface area contributed by atoms with Gasteiger partial charge in [-0.25, -0.2) is 0 Å². The number of hydrogen-bond acceptors (Lipinski definition) is 5. The largest absolute Gasteiger partial charge is 0.344 e. The predicted molar refractivity (Wildman–Crippen MR) is 67.8 cm³/mol. The van der Waals surface area contributed by atoms with Crippen LogP contribution in [0, 0.1) is 0 Å². The van der Waals surface area contributed by atoms with Crippen molar-refractivity contribution < 1.29 is 9.32 Å². The molecular formula is C11H19N3O2S. The van der Waals surface area contributed by atoms with E-state index in [0.717, 1.165) is 18.6 Å². The molecule has 1 aromatic heterocycles. The summed E-state index contributed by atoms with van der Waals surface area (Å²) in [7, 11) is 0. The highest BCUT2D eigenvalue weighted by atomic mass is 32.2. The molecule has 1 aromatic rings. The summed E-state index contributed by atoms with van der Waals surface area (Å²) in [5.41, 5.74) is 0. The number of nitrogens with zero attached hydrogens (tertiary/aromatic N) is 2. The second-order valence-corrected chi connectivity index (χ2v) is 4.85. The molecule has 17 heavy (non-hydrogen) atoms. The first kappa shape index (κ1) is 14.0. The molecule has 0 bridgehead atoms. The molecular weight excluding hydrogens is 238 g/mol. The molecule has 0 unspecified atom stereocenters. The third-order valence-electron chi connectivity index (χ3n) is 2.13. The van der Waals surface area contributed by atoms with E-state index in [1.165, 1.54) is 0 Å². The number of hydrogen-bond donors (Lipinski definition) is 1. The zero-order valence-electron chi connectivity index (χ0n) is 10.5. The van der Waals surface area contributed by atoms with Crippen molar-refractivity contribution in [3.63, 3.8) is 0 Å². The molecule has 0 aliphatic rings. The van der Waals surface area contributed by atoms with Crippen molar-refractivity contribution >= 4 is 17.7 Å². The fraction of sp³-hybridized carbons (Fsp3) is 0.727. The van der Waals surface area contributed by atoms with Gasteiger partial charge in [0, 0.05) is 6.42 Å². The van der Waals surface area contributed by atoms with Crippen LogP contribution in [-0.2, 0) is 11.2 Å². The highest BCUT2D eigenvalue weighted by Crippen LogP contribution is 2.10. The maximum atomic E-state index is 11.6. The molecule has 0 saturated carbocycles. The Morgan fingerprint density at radius 1 is 1.53 bits per heavy atom. The Balaban J connectivity index is 2.37. The van der Waals surface area contributed by atoms with E-state index >= 15 is 0 Å². The van der Waals surface area contributed by atoms with Crippen LogP contribution in [0.15, 0.2) is 4.52 Å². The van der Waals surface area contributed by atoms with Crippen LogP contribution in [-0.4, -0.2) is 27.6 Å². The molecule has 0 aliphatic carbocycles. The van der Waals surface area contributed by atoms with E-state index in [1.807, 2.05) is 13.8 Å². The van der Waals surface area contributed by atoms with E-state index in [0.29, 0.717) is 17.5 Å². The van der Waals surface area contributed by atoms with Gasteiger partial charge in [0.15, 0.2) is 5.82 Å². The fourth-order valence-electron chi connectivity index (χ4n) is 1.24. The zero-order valence-corrected chi connectivity index (χ0v) is 11.3. The lowest BCUT2D eigenvalue weighted by atomic mass is 10.3. The van der Waals surface area contributed by atoms with Gasteiger partial charge in [-0.2, -0.15) is 16.7 Å². The summed E-state index contributed by atoms with van der Waals surface area (Å²) in [6, 6.07) is -0.225. The van der Waals surface area contributed by atoms with Gasteiger partial charge in [0.25, 0.3) is 0 Å². The van der Waals surface area contributed by atoms with Crippen molar-refractivity contribution in [2.24, 2.45) is 0 Å². The van der Waals surface area contributed by atoms with Crippen molar-refractivity contribution in [1.29, 1.82) is 0 Å². The summed E-state index contributed by atoms with van der Waals surface area (Å²) in [6.45, 7) is 5.90. The highest BCUT2D eigenvalue weighted by molar-refractivity contribution is 7.99. The van der Waals surface area contributed by atoms with E-state index in [4.69, 9.17) is 4.52 Å². The minimum atomic E-state index is -0.225. The molecule has 1 heterocycles. The Morgan fingerprint density at radius 3 is 2.88 bits per heavy atom. The van der Waals surface area contributed by atoms with Crippen molar-refractivity contribution in [1.82, 2.24) is 15.5 Å². The Morgan fingerprint density at radius 2 is 2.29 bits per heavy atom. The topological polar surface area (TPSA) is 68.0 Å². The number of aromatic nitrogens is 2. The molecule has 0 fully saturated rings. The van der Waals surface area contributed by atoms with Gasteiger partial charge in [-0.3, -0.25) is 4.79 Å². The minimum Gasteiger partial charge on any atom is -0.344 e. The summed E-state index contributed by atoms with van der Waals surface area (Å²) in [5.74, 6) is 2.62. The van der Waals surface area contributed by atoms with Crippen LogP contribution in [0.4, 0.5) is 0 Å². The van der Waals surface area contributed by atoms with E-state index in [-0.39, 0.29) is 11.9 Å². The van der Waals surface area contributed by atoms with Gasteiger partial charge >= 0.3 is 0 Å². The molecule has 96 valence electrons. The minimum absolute atomic E-state index is 0.00667. The van der Waals surface area contributed by atoms with Gasteiger partial charge in [-0.05, 0) is 19.1 Å². The third kappa shape index (κ3) is 4.77. The van der Waals surface area contributed by atoms with Crippen molar-refractivity contribution in [3.8, 4) is 0 Å². The fourth-order valence-corrected chi connectivity index (χ4v) is 1.94. The molecule has 0 saturated heterocycles. The molecule has 1 N–H and O–H groups in total. The quantitative estimate of drug-likeness (QED) is 0.756. The summed E-state index contributed by atoms with van der Waals surface area (Å²) in [6.07, 6.45) is 1.81. The molecule has 6 heteroatoms. The molecule has 1 atom stereocenters. The van der Waals surface area contributed by atoms with Gasteiger partial charge in [0.05, 0.1) is 5.75 Å². The number of amides is 1. The first-order valence-corrected chi connectivity index (χ1v) is 7.02. The number of carbonyl (C=O) groups excluding carboxylic acids is 1. The zero-order chi connectivity index (χ0) is 12.7. The van der Waals surface area contributed by atoms with Crippen molar-refractivity contribution in [3.05, 3.63) is 11.7 Å². The molecule has 5 nitrogen and oxygen atoms in total. The molecule has 0 aromatic carbocycles. The Kier molecular flexibility index (Phi) is 6.04. The first-order valence-electron chi connectivity index (χ1n) is 5.87. The maximum Gasteiger partial charge on any atom is 0.248 e. The van der Waals surface area contributed by atoms with E-state index in [9.17, 15) is 4.79 Å². The molecule has 0 radical (unpaired) electrons. The van der Waals surface area contributed by atoms with Crippen LogP contribution in [0.3, 0.4) is 0 Å². The highest BCUT2D eigenvalue weighted by Gasteiger charge is 2.15. The maximum absolute atomic E-state index is 11.6. The van der Waals surface area contributed by atoms with E-state index in [1.54, 1.807) is 11.8 Å². The monoisotopic (exact) mass is 257 g/mol. The lowest BCUT2D eigenvalue weighted by Crippen LogP contribution is -2.28. The summed E-state index contributed by atoms with van der Waals surface area (Å²) >= 11 is 1.63. The molecule has 0 spiro atoms. The number of thioether (sulfide) groups is 1.